The molecule has 0 aliphatic heterocycles. The van der Waals surface area contributed by atoms with Gasteiger partial charge in [0.25, 0.3) is 0 Å². The van der Waals surface area contributed by atoms with Crippen molar-refractivity contribution in [2.75, 3.05) is 20.8 Å². The highest BCUT2D eigenvalue weighted by Gasteiger charge is 2.17. The average molecular weight is 307 g/mol. The fraction of sp³-hybridized carbons (Fsp3) is 0.375. The number of esters is 1. The molecule has 0 aliphatic carbocycles. The van der Waals surface area contributed by atoms with Crippen LogP contribution in [0.5, 0.6) is 11.5 Å². The van der Waals surface area contributed by atoms with Gasteiger partial charge < -0.3 is 19.5 Å². The molecular formula is C16H21NO5. The molecule has 0 aromatic heterocycles. The van der Waals surface area contributed by atoms with Crippen LogP contribution in [0, 0.1) is 0 Å². The van der Waals surface area contributed by atoms with Crippen molar-refractivity contribution in [2.24, 2.45) is 0 Å². The Morgan fingerprint density at radius 3 is 2.45 bits per heavy atom. The highest BCUT2D eigenvalue weighted by atomic mass is 16.5. The van der Waals surface area contributed by atoms with Crippen molar-refractivity contribution in [3.05, 3.63) is 29.8 Å². The Morgan fingerprint density at radius 1 is 1.23 bits per heavy atom. The predicted molar refractivity (Wildman–Crippen MR) is 82.8 cm³/mol. The Bertz CT molecular complexity index is 553. The van der Waals surface area contributed by atoms with Crippen LogP contribution in [0.1, 0.15) is 19.4 Å². The summed E-state index contributed by atoms with van der Waals surface area (Å²) < 4.78 is 15.3. The van der Waals surface area contributed by atoms with Crippen molar-refractivity contribution in [3.8, 4) is 11.5 Å². The average Bonchev–Trinajstić information content (AvgIpc) is 2.50. The van der Waals surface area contributed by atoms with Gasteiger partial charge in [-0.15, -0.1) is 0 Å². The minimum atomic E-state index is -0.828. The third-order valence-electron chi connectivity index (χ3n) is 2.79. The van der Waals surface area contributed by atoms with Gasteiger partial charge in [0.05, 0.1) is 20.8 Å². The lowest BCUT2D eigenvalue weighted by Crippen LogP contribution is -2.39. The summed E-state index contributed by atoms with van der Waals surface area (Å²) in [6, 6.07) is 4.51. The number of nitrogens with one attached hydrogen (secondary N) is 1. The third kappa shape index (κ3) is 5.12. The molecule has 0 radical (unpaired) electrons. The molecule has 0 saturated carbocycles. The lowest BCUT2D eigenvalue weighted by atomic mass is 10.1. The summed E-state index contributed by atoms with van der Waals surface area (Å²) >= 11 is 0. The van der Waals surface area contributed by atoms with Gasteiger partial charge in [-0.2, -0.15) is 0 Å². The summed E-state index contributed by atoms with van der Waals surface area (Å²) in [5.74, 6) is 0.379. The normalized spacial score (nSPS) is 11.8. The lowest BCUT2D eigenvalue weighted by Gasteiger charge is -2.12. The Morgan fingerprint density at radius 2 is 1.91 bits per heavy atom. The van der Waals surface area contributed by atoms with E-state index in [0.717, 1.165) is 5.56 Å². The molecule has 1 atom stereocenters. The monoisotopic (exact) mass is 307 g/mol. The molecule has 1 aromatic rings. The van der Waals surface area contributed by atoms with Crippen LogP contribution in [0.3, 0.4) is 0 Å². The van der Waals surface area contributed by atoms with Gasteiger partial charge in [0.15, 0.2) is 11.5 Å². The summed E-state index contributed by atoms with van der Waals surface area (Å²) in [6.07, 6.45) is 3.28. The fourth-order valence-electron chi connectivity index (χ4n) is 1.80. The molecule has 0 bridgehead atoms. The Kier molecular flexibility index (Phi) is 6.95. The maximum atomic E-state index is 11.8. The molecule has 1 N–H and O–H groups in total. The van der Waals surface area contributed by atoms with E-state index in [1.54, 1.807) is 45.4 Å². The number of hydrogen-bond donors (Lipinski definition) is 1. The van der Waals surface area contributed by atoms with Crippen molar-refractivity contribution >= 4 is 18.0 Å². The van der Waals surface area contributed by atoms with E-state index in [-0.39, 0.29) is 12.5 Å². The van der Waals surface area contributed by atoms with Crippen molar-refractivity contribution in [1.29, 1.82) is 0 Å². The SMILES string of the molecule is CCOC(=O)C(/C=C/c1ccc(OC)c(OC)c1)NC(C)=O. The Hall–Kier alpha value is -2.50. The van der Waals surface area contributed by atoms with Gasteiger partial charge >= 0.3 is 5.97 Å². The maximum absolute atomic E-state index is 11.8. The Labute approximate surface area is 130 Å². The van der Waals surface area contributed by atoms with E-state index >= 15 is 0 Å². The molecule has 0 saturated heterocycles. The first-order valence-electron chi connectivity index (χ1n) is 6.85. The van der Waals surface area contributed by atoms with Crippen molar-refractivity contribution in [2.45, 2.75) is 19.9 Å². The van der Waals surface area contributed by atoms with Gasteiger partial charge in [-0.1, -0.05) is 18.2 Å². The molecule has 1 amide bonds. The summed E-state index contributed by atoms with van der Waals surface area (Å²) in [4.78, 5) is 23.0. The van der Waals surface area contributed by atoms with E-state index in [0.29, 0.717) is 11.5 Å². The fourth-order valence-corrected chi connectivity index (χ4v) is 1.80. The number of amides is 1. The summed E-state index contributed by atoms with van der Waals surface area (Å²) in [7, 11) is 3.10. The van der Waals surface area contributed by atoms with Crippen LogP contribution in [0.25, 0.3) is 6.08 Å². The van der Waals surface area contributed by atoms with Crippen molar-refractivity contribution in [3.63, 3.8) is 0 Å². The minimum Gasteiger partial charge on any atom is -0.493 e. The van der Waals surface area contributed by atoms with Crippen molar-refractivity contribution in [1.82, 2.24) is 5.32 Å². The number of carbonyl (C=O) groups excluding carboxylic acids is 2. The number of carbonyl (C=O) groups is 2. The van der Waals surface area contributed by atoms with Crippen LogP contribution in [0.15, 0.2) is 24.3 Å². The standard InChI is InChI=1S/C16H21NO5/c1-5-22-16(19)13(17-11(2)18)8-6-12-7-9-14(20-3)15(10-12)21-4/h6-10,13H,5H2,1-4H3,(H,17,18)/b8-6+. The van der Waals surface area contributed by atoms with Crippen molar-refractivity contribution < 1.29 is 23.8 Å². The first-order chi connectivity index (χ1) is 10.5. The van der Waals surface area contributed by atoms with Crippen LogP contribution in [0.4, 0.5) is 0 Å². The second-order valence-electron chi connectivity index (χ2n) is 4.40. The third-order valence-corrected chi connectivity index (χ3v) is 2.79. The molecule has 1 unspecified atom stereocenters. The second-order valence-corrected chi connectivity index (χ2v) is 4.40. The van der Waals surface area contributed by atoms with Gasteiger partial charge in [-0.05, 0) is 24.6 Å². The van der Waals surface area contributed by atoms with E-state index in [4.69, 9.17) is 14.2 Å². The van der Waals surface area contributed by atoms with E-state index in [9.17, 15) is 9.59 Å². The lowest BCUT2D eigenvalue weighted by molar-refractivity contribution is -0.145. The highest BCUT2D eigenvalue weighted by Crippen LogP contribution is 2.28. The minimum absolute atomic E-state index is 0.249. The van der Waals surface area contributed by atoms with Gasteiger partial charge in [-0.25, -0.2) is 4.79 Å². The number of ether oxygens (including phenoxy) is 3. The van der Waals surface area contributed by atoms with Gasteiger partial charge in [-0.3, -0.25) is 4.79 Å². The van der Waals surface area contributed by atoms with Crippen LogP contribution < -0.4 is 14.8 Å². The van der Waals surface area contributed by atoms with E-state index < -0.39 is 12.0 Å². The van der Waals surface area contributed by atoms with Gasteiger partial charge in [0, 0.05) is 6.92 Å². The number of methoxy groups -OCH3 is 2. The van der Waals surface area contributed by atoms with Crippen LogP contribution in [-0.4, -0.2) is 38.7 Å². The molecule has 0 fully saturated rings. The molecule has 6 heteroatoms. The Balaban J connectivity index is 2.94. The summed E-state index contributed by atoms with van der Waals surface area (Å²) in [5.41, 5.74) is 0.803. The highest BCUT2D eigenvalue weighted by molar-refractivity contribution is 5.85. The summed E-state index contributed by atoms with van der Waals surface area (Å²) in [5, 5.41) is 2.53. The molecule has 6 nitrogen and oxygen atoms in total. The molecule has 0 aliphatic rings. The first-order valence-corrected chi connectivity index (χ1v) is 6.85. The van der Waals surface area contributed by atoms with Crippen LogP contribution in [0.2, 0.25) is 0 Å². The zero-order chi connectivity index (χ0) is 16.5. The molecule has 1 aromatic carbocycles. The zero-order valence-electron chi connectivity index (χ0n) is 13.2. The van der Waals surface area contributed by atoms with E-state index in [1.807, 2.05) is 6.07 Å². The van der Waals surface area contributed by atoms with Crippen LogP contribution >= 0.6 is 0 Å². The second kappa shape index (κ2) is 8.71. The maximum Gasteiger partial charge on any atom is 0.332 e. The topological polar surface area (TPSA) is 73.9 Å². The molecule has 120 valence electrons. The molecular weight excluding hydrogens is 286 g/mol. The molecule has 0 spiro atoms. The van der Waals surface area contributed by atoms with Gasteiger partial charge in [0.2, 0.25) is 5.91 Å². The zero-order valence-corrected chi connectivity index (χ0v) is 13.2. The number of rotatable bonds is 7. The molecule has 22 heavy (non-hydrogen) atoms. The van der Waals surface area contributed by atoms with Gasteiger partial charge in [0.1, 0.15) is 6.04 Å². The first kappa shape index (κ1) is 17.6. The van der Waals surface area contributed by atoms with E-state index in [1.165, 1.54) is 6.92 Å². The summed E-state index contributed by atoms with van der Waals surface area (Å²) in [6.45, 7) is 3.30. The smallest absolute Gasteiger partial charge is 0.332 e. The molecule has 0 heterocycles. The van der Waals surface area contributed by atoms with Crippen LogP contribution in [-0.2, 0) is 14.3 Å². The largest absolute Gasteiger partial charge is 0.493 e. The number of hydrogen-bond acceptors (Lipinski definition) is 5. The van der Waals surface area contributed by atoms with E-state index in [2.05, 4.69) is 5.32 Å². The number of benzene rings is 1. The molecule has 1 rings (SSSR count). The quantitative estimate of drug-likeness (QED) is 0.777. The predicted octanol–water partition coefficient (Wildman–Crippen LogP) is 1.78.